The fraction of sp³-hybridized carbons (Fsp3) is 0.750. The molecule has 1 saturated heterocycles. The Morgan fingerprint density at radius 1 is 1.60 bits per heavy atom. The molecule has 3 aliphatic rings. The third-order valence-corrected chi connectivity index (χ3v) is 4.52. The van der Waals surface area contributed by atoms with Crippen molar-refractivity contribution in [2.75, 3.05) is 13.3 Å². The van der Waals surface area contributed by atoms with Crippen LogP contribution in [0.1, 0.15) is 13.3 Å². The number of hydrogen-bond donors (Lipinski definition) is 1. The van der Waals surface area contributed by atoms with E-state index in [4.69, 9.17) is 14.6 Å². The van der Waals surface area contributed by atoms with Gasteiger partial charge in [-0.1, -0.05) is 0 Å². The smallest absolute Gasteiger partial charge is 0.411 e. The zero-order valence-corrected chi connectivity index (χ0v) is 10.7. The minimum Gasteiger partial charge on any atom is -0.466 e. The molecule has 1 spiro atoms. The third-order valence-electron chi connectivity index (χ3n) is 4.52. The van der Waals surface area contributed by atoms with Crippen LogP contribution < -0.4 is 0 Å². The van der Waals surface area contributed by atoms with Crippen LogP contribution in [-0.2, 0) is 19.1 Å². The molecule has 0 aromatic carbocycles. The van der Waals surface area contributed by atoms with E-state index in [0.29, 0.717) is 4.90 Å². The molecule has 8 heteroatoms. The molecule has 0 aromatic heterocycles. The van der Waals surface area contributed by atoms with E-state index in [2.05, 4.69) is 0 Å². The van der Waals surface area contributed by atoms with Crippen LogP contribution in [0.5, 0.6) is 0 Å². The second-order valence-electron chi connectivity index (χ2n) is 5.27. The molecule has 0 aromatic rings. The maximum atomic E-state index is 14.3. The molecular formula is C12H14FNO6. The number of amides is 1. The second-order valence-corrected chi connectivity index (χ2v) is 5.27. The number of alkyl halides is 1. The highest BCUT2D eigenvalue weighted by Gasteiger charge is 2.80. The Labute approximate surface area is 113 Å². The zero-order valence-electron chi connectivity index (χ0n) is 10.7. The molecule has 1 amide bonds. The number of carbonyl (C=O) groups is 3. The van der Waals surface area contributed by atoms with Gasteiger partial charge in [0.1, 0.15) is 6.17 Å². The molecule has 1 aliphatic heterocycles. The number of carboxylic acid groups (broad SMARTS) is 1. The van der Waals surface area contributed by atoms with Crippen LogP contribution in [0.4, 0.5) is 9.18 Å². The maximum Gasteiger partial charge on any atom is 0.411 e. The Kier molecular flexibility index (Phi) is 2.67. The number of halogens is 1. The van der Waals surface area contributed by atoms with E-state index in [9.17, 15) is 18.8 Å². The predicted molar refractivity (Wildman–Crippen MR) is 60.2 cm³/mol. The molecule has 110 valence electrons. The van der Waals surface area contributed by atoms with Crippen molar-refractivity contribution < 1.29 is 33.4 Å². The van der Waals surface area contributed by atoms with Gasteiger partial charge in [-0.2, -0.15) is 0 Å². The normalized spacial score (nSPS) is 41.5. The van der Waals surface area contributed by atoms with E-state index in [0.717, 1.165) is 0 Å². The fourth-order valence-corrected chi connectivity index (χ4v) is 3.74. The van der Waals surface area contributed by atoms with Gasteiger partial charge in [0.05, 0.1) is 12.5 Å². The summed E-state index contributed by atoms with van der Waals surface area (Å²) >= 11 is 0. The number of carbonyl (C=O) groups excluding carboxylic acids is 2. The quantitative estimate of drug-likeness (QED) is 0.738. The van der Waals surface area contributed by atoms with Gasteiger partial charge >= 0.3 is 18.0 Å². The molecule has 3 fully saturated rings. The summed E-state index contributed by atoms with van der Waals surface area (Å²) < 4.78 is 23.9. The van der Waals surface area contributed by atoms with E-state index >= 15 is 0 Å². The van der Waals surface area contributed by atoms with E-state index in [1.165, 1.54) is 0 Å². The first-order valence-electron chi connectivity index (χ1n) is 6.44. The standard InChI is InChI=1S/C12H14FNO6/c1-2-19-9(15)7-5-3-6(13)12(8(5)7)10(16)20-4-14(12)11(17)18/h5-8H,2-4H2,1H3,(H,17,18). The van der Waals surface area contributed by atoms with Crippen LogP contribution in [0.2, 0.25) is 0 Å². The Morgan fingerprint density at radius 2 is 2.30 bits per heavy atom. The predicted octanol–water partition coefficient (Wildman–Crippen LogP) is 0.387. The lowest BCUT2D eigenvalue weighted by atomic mass is 9.88. The molecular weight excluding hydrogens is 273 g/mol. The van der Waals surface area contributed by atoms with E-state index in [1.54, 1.807) is 6.92 Å². The summed E-state index contributed by atoms with van der Waals surface area (Å²) in [6.07, 6.45) is -3.09. The number of cyclic esters (lactones) is 1. The average molecular weight is 287 g/mol. The Bertz CT molecular complexity index is 496. The first-order chi connectivity index (χ1) is 9.46. The lowest BCUT2D eigenvalue weighted by molar-refractivity contribution is -0.149. The average Bonchev–Trinajstić information content (AvgIpc) is 2.85. The number of esters is 2. The van der Waals surface area contributed by atoms with E-state index in [1.807, 2.05) is 0 Å². The number of ether oxygens (including phenoxy) is 2. The highest BCUT2D eigenvalue weighted by atomic mass is 19.1. The van der Waals surface area contributed by atoms with Crippen LogP contribution in [-0.4, -0.2) is 53.1 Å². The second kappa shape index (κ2) is 4.07. The van der Waals surface area contributed by atoms with Crippen molar-refractivity contribution in [2.24, 2.45) is 17.8 Å². The van der Waals surface area contributed by atoms with Crippen molar-refractivity contribution in [2.45, 2.75) is 25.1 Å². The van der Waals surface area contributed by atoms with Crippen molar-refractivity contribution >= 4 is 18.0 Å². The summed E-state index contributed by atoms with van der Waals surface area (Å²) in [7, 11) is 0. The molecule has 0 radical (unpaired) electrons. The molecule has 1 heterocycles. The van der Waals surface area contributed by atoms with Crippen LogP contribution in [0.15, 0.2) is 0 Å². The molecule has 3 rings (SSSR count). The minimum atomic E-state index is -1.87. The van der Waals surface area contributed by atoms with Crippen LogP contribution in [0.25, 0.3) is 0 Å². The van der Waals surface area contributed by atoms with Crippen molar-refractivity contribution in [1.29, 1.82) is 0 Å². The van der Waals surface area contributed by atoms with Gasteiger partial charge in [-0.05, 0) is 19.3 Å². The molecule has 2 aliphatic carbocycles. The van der Waals surface area contributed by atoms with Gasteiger partial charge in [-0.25, -0.2) is 14.0 Å². The van der Waals surface area contributed by atoms with Gasteiger partial charge in [0.15, 0.2) is 12.3 Å². The van der Waals surface area contributed by atoms with Gasteiger partial charge in [-0.3, -0.25) is 9.69 Å². The summed E-state index contributed by atoms with van der Waals surface area (Å²) in [4.78, 5) is 35.7. The fourth-order valence-electron chi connectivity index (χ4n) is 3.74. The monoisotopic (exact) mass is 287 g/mol. The molecule has 5 atom stereocenters. The number of fused-ring (bicyclic) bond motifs is 2. The summed E-state index contributed by atoms with van der Waals surface area (Å²) in [5, 5.41) is 9.15. The summed E-state index contributed by atoms with van der Waals surface area (Å²) in [6, 6.07) is 0. The molecule has 1 N–H and O–H groups in total. The minimum absolute atomic E-state index is 0.0208. The molecule has 5 unspecified atom stereocenters. The lowest BCUT2D eigenvalue weighted by Gasteiger charge is -2.32. The third kappa shape index (κ3) is 1.36. The van der Waals surface area contributed by atoms with Gasteiger partial charge in [0.2, 0.25) is 0 Å². The van der Waals surface area contributed by atoms with Gasteiger partial charge in [0, 0.05) is 5.92 Å². The summed E-state index contributed by atoms with van der Waals surface area (Å²) in [5.41, 5.74) is -1.87. The van der Waals surface area contributed by atoms with Crippen molar-refractivity contribution in [1.82, 2.24) is 4.90 Å². The highest BCUT2D eigenvalue weighted by molar-refractivity contribution is 5.92. The zero-order chi connectivity index (χ0) is 14.7. The number of nitrogens with zero attached hydrogens (tertiary/aromatic N) is 1. The molecule has 0 bridgehead atoms. The number of rotatable bonds is 2. The Balaban J connectivity index is 1.93. The largest absolute Gasteiger partial charge is 0.466 e. The van der Waals surface area contributed by atoms with Crippen LogP contribution >= 0.6 is 0 Å². The van der Waals surface area contributed by atoms with Gasteiger partial charge in [-0.15, -0.1) is 0 Å². The van der Waals surface area contributed by atoms with Crippen molar-refractivity contribution in [3.05, 3.63) is 0 Å². The Hall–Kier alpha value is -1.86. The first kappa shape index (κ1) is 13.1. The summed E-state index contributed by atoms with van der Waals surface area (Å²) in [5.74, 6) is -3.04. The molecule has 20 heavy (non-hydrogen) atoms. The van der Waals surface area contributed by atoms with E-state index < -0.39 is 48.3 Å². The topological polar surface area (TPSA) is 93.1 Å². The lowest BCUT2D eigenvalue weighted by Crippen LogP contribution is -2.58. The van der Waals surface area contributed by atoms with E-state index in [-0.39, 0.29) is 18.9 Å². The summed E-state index contributed by atoms with van der Waals surface area (Å²) in [6.45, 7) is 1.35. The van der Waals surface area contributed by atoms with Crippen molar-refractivity contribution in [3.63, 3.8) is 0 Å². The van der Waals surface area contributed by atoms with Crippen LogP contribution in [0, 0.1) is 17.8 Å². The SMILES string of the molecule is CCOC(=O)C1C2CC(F)C3(C(=O)OCN3C(=O)O)C21. The first-order valence-corrected chi connectivity index (χ1v) is 6.44. The van der Waals surface area contributed by atoms with Gasteiger partial charge in [0.25, 0.3) is 0 Å². The number of hydrogen-bond acceptors (Lipinski definition) is 5. The molecule has 7 nitrogen and oxygen atoms in total. The van der Waals surface area contributed by atoms with Crippen molar-refractivity contribution in [3.8, 4) is 0 Å². The molecule has 2 saturated carbocycles. The highest BCUT2D eigenvalue weighted by Crippen LogP contribution is 2.66. The van der Waals surface area contributed by atoms with Crippen LogP contribution in [0.3, 0.4) is 0 Å². The maximum absolute atomic E-state index is 14.3. The Morgan fingerprint density at radius 3 is 2.90 bits per heavy atom. The van der Waals surface area contributed by atoms with Gasteiger partial charge < -0.3 is 14.6 Å².